The Balaban J connectivity index is 1.90. The second kappa shape index (κ2) is 14.5. The van der Waals surface area contributed by atoms with Gasteiger partial charge in [0.2, 0.25) is 0 Å². The van der Waals surface area contributed by atoms with E-state index in [9.17, 15) is 29.7 Å². The highest BCUT2D eigenvalue weighted by molar-refractivity contribution is 7.83. The van der Waals surface area contributed by atoms with E-state index in [0.717, 1.165) is 51.5 Å². The summed E-state index contributed by atoms with van der Waals surface area (Å²) in [7, 11) is 0. The summed E-state index contributed by atoms with van der Waals surface area (Å²) in [5.74, 6) is -1.48. The number of H-pyrrole nitrogens is 2. The summed E-state index contributed by atoms with van der Waals surface area (Å²) in [5.41, 5.74) is 6.76. The zero-order valence-corrected chi connectivity index (χ0v) is 27.4. The highest BCUT2D eigenvalue weighted by Crippen LogP contribution is 2.34. The summed E-state index contributed by atoms with van der Waals surface area (Å²) >= 11 is 8.50. The number of hydrogen-bond donors (Lipinski definition) is 9. The number of aromatic amines is 2. The van der Waals surface area contributed by atoms with Crippen molar-refractivity contribution in [3.05, 3.63) is 78.7 Å². The van der Waals surface area contributed by atoms with Crippen LogP contribution in [0, 0.1) is 25.7 Å². The van der Waals surface area contributed by atoms with Gasteiger partial charge in [0.05, 0.1) is 6.04 Å². The van der Waals surface area contributed by atoms with Crippen LogP contribution in [0.1, 0.15) is 60.3 Å². The number of carboxylic acid groups (broad SMARTS) is 2. The summed E-state index contributed by atoms with van der Waals surface area (Å²) in [6.45, 7) is 7.66. The third-order valence-electron chi connectivity index (χ3n) is 8.67. The van der Waals surface area contributed by atoms with Crippen LogP contribution in [0.3, 0.4) is 0 Å². The molecule has 0 aliphatic carbocycles. The number of amides is 1. The van der Waals surface area contributed by atoms with E-state index >= 15 is 0 Å². The Morgan fingerprint density at radius 2 is 1.71 bits per heavy atom. The molecule has 0 radical (unpaired) electrons. The number of aliphatic carboxylic acids is 2. The van der Waals surface area contributed by atoms with Crippen LogP contribution in [-0.4, -0.2) is 61.2 Å². The Labute approximate surface area is 272 Å². The predicted molar refractivity (Wildman–Crippen MR) is 182 cm³/mol. The number of aromatic nitrogens is 2. The molecule has 0 saturated carbocycles. The fraction of sp³-hybridized carbons (Fsp3) is 0.364. The SMILES string of the molecule is CC1=C(/C=C/S)C(=O)N[C@@H]1/C=c1/[nH]/c(=C/c2[nH]c(/C=C3\NC(O)[C@H](C)[C@H]3CCS)c(C)c2/C=C\C(=O)O)c(CCC(=O)O)c1C. The van der Waals surface area contributed by atoms with Crippen LogP contribution < -0.4 is 21.3 Å². The van der Waals surface area contributed by atoms with Crippen LogP contribution in [0.4, 0.5) is 0 Å². The Morgan fingerprint density at radius 1 is 0.978 bits per heavy atom. The molecule has 12 heteroatoms. The van der Waals surface area contributed by atoms with E-state index in [4.69, 9.17) is 0 Å². The monoisotopic (exact) mass is 652 g/mol. The normalized spacial score (nSPS) is 23.7. The standard InChI is InChI=1S/C33H40N4O6S2/c1-16-20(5-7-30(38)39)27(34-24(16)13-26-18(3)23(10-12-45)33(43)36-26)15-28-21(6-8-31(40)41)17(2)25(35-28)14-29-22(9-11-44)19(4)32(42)37-29/h6,8,10,12-15,19,22,26,32,34-35,37,42,44-45H,5,7,9,11H2,1-4H3,(H,36,43)(H,38,39)(H,40,41)/b8-6-,12-10+,24-13+,27-15+,29-14-/t19-,22-,26-,32?/m1/s1. The summed E-state index contributed by atoms with van der Waals surface area (Å²) in [6.07, 6.45) is 10.2. The first kappa shape index (κ1) is 34.0. The van der Waals surface area contributed by atoms with Gasteiger partial charge in [-0.1, -0.05) is 6.92 Å². The molecular formula is C33H40N4O6S2. The Hall–Kier alpha value is -3.87. The second-order valence-electron chi connectivity index (χ2n) is 11.5. The number of aliphatic hydroxyl groups is 1. The Morgan fingerprint density at radius 3 is 2.36 bits per heavy atom. The maximum Gasteiger partial charge on any atom is 0.328 e. The van der Waals surface area contributed by atoms with Crippen molar-refractivity contribution in [2.24, 2.45) is 11.8 Å². The van der Waals surface area contributed by atoms with Gasteiger partial charge in [-0.15, -0.1) is 0 Å². The lowest BCUT2D eigenvalue weighted by molar-refractivity contribution is -0.137. The van der Waals surface area contributed by atoms with Gasteiger partial charge in [-0.2, -0.15) is 25.3 Å². The summed E-state index contributed by atoms with van der Waals surface area (Å²) < 4.78 is 0. The van der Waals surface area contributed by atoms with Gasteiger partial charge in [0.25, 0.3) is 5.91 Å². The van der Waals surface area contributed by atoms with Gasteiger partial charge in [0.1, 0.15) is 6.23 Å². The maximum atomic E-state index is 12.5. The van der Waals surface area contributed by atoms with Crippen molar-refractivity contribution in [3.63, 3.8) is 0 Å². The minimum absolute atomic E-state index is 0.00225. The molecule has 1 amide bonds. The first-order chi connectivity index (χ1) is 21.4. The first-order valence-corrected chi connectivity index (χ1v) is 15.9. The minimum Gasteiger partial charge on any atom is -0.481 e. The van der Waals surface area contributed by atoms with Crippen LogP contribution in [0.15, 0.2) is 34.4 Å². The van der Waals surface area contributed by atoms with Crippen molar-refractivity contribution < 1.29 is 29.7 Å². The second-order valence-corrected chi connectivity index (χ2v) is 12.2. The fourth-order valence-electron chi connectivity index (χ4n) is 6.01. The lowest BCUT2D eigenvalue weighted by Gasteiger charge is -2.14. The topological polar surface area (TPSA) is 168 Å². The van der Waals surface area contributed by atoms with Crippen LogP contribution in [0.25, 0.3) is 24.3 Å². The van der Waals surface area contributed by atoms with E-state index in [1.807, 2.05) is 45.9 Å². The number of nitrogens with one attached hydrogen (secondary N) is 4. The maximum absolute atomic E-state index is 12.5. The average molecular weight is 653 g/mol. The third-order valence-corrected chi connectivity index (χ3v) is 9.08. The number of rotatable bonds is 11. The van der Waals surface area contributed by atoms with Crippen molar-refractivity contribution in [2.75, 3.05) is 5.75 Å². The van der Waals surface area contributed by atoms with E-state index < -0.39 is 18.2 Å². The summed E-state index contributed by atoms with van der Waals surface area (Å²) in [6, 6.07) is -0.364. The number of aliphatic hydroxyl groups excluding tert-OH is 1. The van der Waals surface area contributed by atoms with E-state index in [0.29, 0.717) is 27.9 Å². The molecule has 0 aromatic carbocycles. The van der Waals surface area contributed by atoms with E-state index in [2.05, 4.69) is 45.9 Å². The molecule has 7 N–H and O–H groups in total. The van der Waals surface area contributed by atoms with Gasteiger partial charge in [0, 0.05) is 63.3 Å². The van der Waals surface area contributed by atoms with Gasteiger partial charge in [-0.05, 0) is 97.4 Å². The minimum atomic E-state index is -1.09. The van der Waals surface area contributed by atoms with Crippen molar-refractivity contribution in [1.82, 2.24) is 20.6 Å². The van der Waals surface area contributed by atoms with E-state index in [1.165, 1.54) is 11.5 Å². The fourth-order valence-corrected chi connectivity index (χ4v) is 6.44. The molecule has 4 rings (SSSR count). The van der Waals surface area contributed by atoms with Crippen molar-refractivity contribution >= 4 is 67.4 Å². The molecule has 1 unspecified atom stereocenters. The molecule has 2 aliphatic rings. The number of allylic oxidation sites excluding steroid dienone is 1. The molecule has 4 atom stereocenters. The van der Waals surface area contributed by atoms with Gasteiger partial charge in [0.15, 0.2) is 0 Å². The van der Waals surface area contributed by atoms with Crippen LogP contribution in [0.5, 0.6) is 0 Å². The number of carboxylic acids is 2. The van der Waals surface area contributed by atoms with Gasteiger partial charge >= 0.3 is 11.9 Å². The largest absolute Gasteiger partial charge is 0.481 e. The molecule has 240 valence electrons. The molecular weight excluding hydrogens is 613 g/mol. The van der Waals surface area contributed by atoms with Crippen LogP contribution >= 0.6 is 25.3 Å². The lowest BCUT2D eigenvalue weighted by Crippen LogP contribution is -2.29. The number of carbonyl (C=O) groups is 3. The predicted octanol–water partition coefficient (Wildman–Crippen LogP) is 2.78. The van der Waals surface area contributed by atoms with E-state index in [-0.39, 0.29) is 36.6 Å². The molecule has 2 aromatic heterocycles. The quantitative estimate of drug-likeness (QED) is 0.133. The molecule has 2 aromatic rings. The van der Waals surface area contributed by atoms with Crippen LogP contribution in [0.2, 0.25) is 0 Å². The van der Waals surface area contributed by atoms with Crippen LogP contribution in [-0.2, 0) is 20.8 Å². The molecule has 45 heavy (non-hydrogen) atoms. The van der Waals surface area contributed by atoms with Gasteiger partial charge in [-0.3, -0.25) is 9.59 Å². The van der Waals surface area contributed by atoms with Crippen molar-refractivity contribution in [2.45, 2.75) is 59.2 Å². The highest BCUT2D eigenvalue weighted by Gasteiger charge is 2.34. The molecule has 0 spiro atoms. The zero-order chi connectivity index (χ0) is 33.0. The van der Waals surface area contributed by atoms with Crippen molar-refractivity contribution in [1.29, 1.82) is 0 Å². The smallest absolute Gasteiger partial charge is 0.328 e. The Bertz CT molecular complexity index is 1750. The van der Waals surface area contributed by atoms with Crippen molar-refractivity contribution in [3.8, 4) is 0 Å². The Kier molecular flexibility index (Phi) is 10.9. The third kappa shape index (κ3) is 7.51. The molecule has 4 heterocycles. The molecule has 0 bridgehead atoms. The molecule has 1 fully saturated rings. The summed E-state index contributed by atoms with van der Waals surface area (Å²) in [5, 5.41) is 38.4. The number of thiol groups is 2. The van der Waals surface area contributed by atoms with E-state index in [1.54, 1.807) is 6.08 Å². The molecule has 2 aliphatic heterocycles. The lowest BCUT2D eigenvalue weighted by atomic mass is 9.91. The average Bonchev–Trinajstić information content (AvgIpc) is 3.61. The number of hydrogen-bond acceptors (Lipinski definition) is 7. The highest BCUT2D eigenvalue weighted by atomic mass is 32.1. The molecule has 10 nitrogen and oxygen atoms in total. The number of carbonyl (C=O) groups excluding carboxylic acids is 1. The first-order valence-electron chi connectivity index (χ1n) is 14.7. The zero-order valence-electron chi connectivity index (χ0n) is 25.6. The molecule has 1 saturated heterocycles. The van der Waals surface area contributed by atoms with Gasteiger partial charge in [-0.25, -0.2) is 4.79 Å². The summed E-state index contributed by atoms with van der Waals surface area (Å²) in [4.78, 5) is 42.4. The van der Waals surface area contributed by atoms with Gasteiger partial charge < -0.3 is 35.9 Å².